The number of hydrogen-bond donors (Lipinski definition) is 0. The summed E-state index contributed by atoms with van der Waals surface area (Å²) >= 11 is 0. The van der Waals surface area contributed by atoms with Gasteiger partial charge in [0.15, 0.2) is 8.32 Å². The second kappa shape index (κ2) is 10.6. The summed E-state index contributed by atoms with van der Waals surface area (Å²) in [6, 6.07) is 4.18. The maximum Gasteiger partial charge on any atom is 0.388 e. The van der Waals surface area contributed by atoms with Crippen LogP contribution in [0.4, 0.5) is 8.78 Å². The molecule has 1 spiro atoms. The molecule has 7 nitrogen and oxygen atoms in total. The van der Waals surface area contributed by atoms with Gasteiger partial charge in [0.25, 0.3) is 0 Å². The van der Waals surface area contributed by atoms with Crippen molar-refractivity contribution in [2.75, 3.05) is 33.2 Å². The average molecular weight is 559 g/mol. The van der Waals surface area contributed by atoms with E-state index in [4.69, 9.17) is 13.9 Å². The van der Waals surface area contributed by atoms with E-state index in [9.17, 15) is 13.6 Å². The smallest absolute Gasteiger partial charge is 0.388 e. The molecule has 0 radical (unpaired) electrons. The van der Waals surface area contributed by atoms with Crippen LogP contribution in [-0.4, -0.2) is 72.0 Å². The standard InChI is InChI=1S/C26H44F2N2O5Si2/c1-24(2,3)37(8,9)34-13-12-25(4)21-19(10-11-20(29-21)35-23(27)28)26(16-33-17-26)30(22(25)31)18-32-14-15-36(5,6)7/h10-11,23H,12-18H2,1-9H3. The maximum atomic E-state index is 14.2. The van der Waals surface area contributed by atoms with Gasteiger partial charge in [0.05, 0.1) is 24.3 Å². The Bertz CT molecular complexity index is 977. The number of halogens is 2. The van der Waals surface area contributed by atoms with Gasteiger partial charge in [-0.15, -0.1) is 0 Å². The molecule has 1 aromatic heterocycles. The van der Waals surface area contributed by atoms with E-state index in [-0.39, 0.29) is 23.6 Å². The third kappa shape index (κ3) is 6.26. The second-order valence-electron chi connectivity index (χ2n) is 13.2. The number of amides is 1. The fourth-order valence-electron chi connectivity index (χ4n) is 4.41. The maximum absolute atomic E-state index is 14.2. The summed E-state index contributed by atoms with van der Waals surface area (Å²) in [5.74, 6) is -0.356. The predicted octanol–water partition coefficient (Wildman–Crippen LogP) is 5.73. The van der Waals surface area contributed by atoms with Crippen LogP contribution in [0.1, 0.15) is 45.4 Å². The Hall–Kier alpha value is -1.41. The number of nitrogens with zero attached hydrogens (tertiary/aromatic N) is 2. The largest absolute Gasteiger partial charge is 0.417 e. The van der Waals surface area contributed by atoms with Crippen LogP contribution in [0.2, 0.25) is 43.8 Å². The molecule has 210 valence electrons. The summed E-state index contributed by atoms with van der Waals surface area (Å²) < 4.78 is 48.8. The van der Waals surface area contributed by atoms with Gasteiger partial charge in [0.1, 0.15) is 12.3 Å². The van der Waals surface area contributed by atoms with Crippen LogP contribution < -0.4 is 4.74 Å². The number of pyridine rings is 1. The topological polar surface area (TPSA) is 70.1 Å². The van der Waals surface area contributed by atoms with Gasteiger partial charge < -0.3 is 23.5 Å². The van der Waals surface area contributed by atoms with E-state index < -0.39 is 34.0 Å². The van der Waals surface area contributed by atoms with Crippen molar-refractivity contribution in [2.24, 2.45) is 0 Å². The first-order chi connectivity index (χ1) is 16.9. The van der Waals surface area contributed by atoms with Gasteiger partial charge in [0, 0.05) is 32.9 Å². The Morgan fingerprint density at radius 1 is 1.14 bits per heavy atom. The molecule has 11 heteroatoms. The van der Waals surface area contributed by atoms with Crippen LogP contribution in [0.3, 0.4) is 0 Å². The van der Waals surface area contributed by atoms with Crippen LogP contribution in [-0.2, 0) is 29.6 Å². The van der Waals surface area contributed by atoms with E-state index in [1.54, 1.807) is 11.0 Å². The molecule has 0 aromatic carbocycles. The van der Waals surface area contributed by atoms with Gasteiger partial charge in [-0.25, -0.2) is 4.98 Å². The highest BCUT2D eigenvalue weighted by atomic mass is 28.4. The van der Waals surface area contributed by atoms with E-state index in [2.05, 4.69) is 63.2 Å². The number of hydrogen-bond acceptors (Lipinski definition) is 6. The number of ether oxygens (including phenoxy) is 3. The molecule has 0 aliphatic carbocycles. The molecular formula is C26H44F2N2O5Si2. The third-order valence-corrected chi connectivity index (χ3v) is 14.3. The van der Waals surface area contributed by atoms with Crippen LogP contribution in [0.15, 0.2) is 12.1 Å². The Morgan fingerprint density at radius 3 is 2.30 bits per heavy atom. The molecule has 0 saturated carbocycles. The number of carbonyl (C=O) groups is 1. The second-order valence-corrected chi connectivity index (χ2v) is 23.7. The Balaban J connectivity index is 1.96. The first-order valence-corrected chi connectivity index (χ1v) is 19.6. The number of carbonyl (C=O) groups excluding carboxylic acids is 1. The summed E-state index contributed by atoms with van der Waals surface area (Å²) in [7, 11) is -3.36. The SMILES string of the molecule is CC1(CCO[Si](C)(C)C(C)(C)C)C(=O)N(COCC[Si](C)(C)C)C2(COC2)c2ccc(OC(F)F)nc21. The van der Waals surface area contributed by atoms with Crippen molar-refractivity contribution in [3.63, 3.8) is 0 Å². The van der Waals surface area contributed by atoms with Crippen molar-refractivity contribution >= 4 is 22.3 Å². The lowest BCUT2D eigenvalue weighted by atomic mass is 9.69. The third-order valence-electron chi connectivity index (χ3n) is 8.11. The first-order valence-electron chi connectivity index (χ1n) is 13.0. The normalized spacial score (nSPS) is 21.8. The molecule has 2 aliphatic heterocycles. The van der Waals surface area contributed by atoms with Gasteiger partial charge in [-0.1, -0.05) is 40.4 Å². The molecule has 3 heterocycles. The lowest BCUT2D eigenvalue weighted by molar-refractivity contribution is -0.197. The molecule has 37 heavy (non-hydrogen) atoms. The van der Waals surface area contributed by atoms with E-state index in [1.807, 2.05) is 6.92 Å². The highest BCUT2D eigenvalue weighted by molar-refractivity contribution is 6.76. The minimum Gasteiger partial charge on any atom is -0.417 e. The van der Waals surface area contributed by atoms with E-state index in [0.717, 1.165) is 11.6 Å². The lowest BCUT2D eigenvalue weighted by Crippen LogP contribution is -2.68. The average Bonchev–Trinajstić information content (AvgIpc) is 2.71. The van der Waals surface area contributed by atoms with E-state index >= 15 is 0 Å². The van der Waals surface area contributed by atoms with Crippen molar-refractivity contribution in [3.05, 3.63) is 23.4 Å². The summed E-state index contributed by atoms with van der Waals surface area (Å²) in [6.45, 7) is 18.2. The van der Waals surface area contributed by atoms with Crippen LogP contribution >= 0.6 is 0 Å². The van der Waals surface area contributed by atoms with Crippen LogP contribution in [0, 0.1) is 0 Å². The van der Waals surface area contributed by atoms with Crippen LogP contribution in [0.25, 0.3) is 0 Å². The zero-order valence-corrected chi connectivity index (χ0v) is 25.9. The quantitative estimate of drug-likeness (QED) is 0.255. The minimum atomic E-state index is -3.00. The highest BCUT2D eigenvalue weighted by Gasteiger charge is 2.59. The molecule has 1 atom stereocenters. The molecule has 0 N–H and O–H groups in total. The molecule has 1 unspecified atom stereocenters. The van der Waals surface area contributed by atoms with E-state index in [1.165, 1.54) is 6.07 Å². The molecule has 2 aliphatic rings. The zero-order chi connectivity index (χ0) is 27.9. The number of rotatable bonds is 11. The monoisotopic (exact) mass is 558 g/mol. The summed E-state index contributed by atoms with van der Waals surface area (Å²) in [6.07, 6.45) is 0.360. The molecule has 1 aromatic rings. The van der Waals surface area contributed by atoms with Gasteiger partial charge in [0.2, 0.25) is 11.8 Å². The fourth-order valence-corrected chi connectivity index (χ4v) is 6.21. The fraction of sp³-hybridized carbons (Fsp3) is 0.769. The first kappa shape index (κ1) is 30.1. The van der Waals surface area contributed by atoms with Crippen LogP contribution in [0.5, 0.6) is 5.88 Å². The Morgan fingerprint density at radius 2 is 1.78 bits per heavy atom. The highest BCUT2D eigenvalue weighted by Crippen LogP contribution is 2.49. The summed E-state index contributed by atoms with van der Waals surface area (Å²) in [5.41, 5.74) is -0.580. The van der Waals surface area contributed by atoms with Crippen molar-refractivity contribution in [2.45, 2.75) is 95.5 Å². The summed E-state index contributed by atoms with van der Waals surface area (Å²) in [4.78, 5) is 20.5. The number of fused-ring (bicyclic) bond motifs is 2. The van der Waals surface area contributed by atoms with Crippen molar-refractivity contribution in [3.8, 4) is 5.88 Å². The molecule has 0 bridgehead atoms. The lowest BCUT2D eigenvalue weighted by Gasteiger charge is -2.56. The van der Waals surface area contributed by atoms with Gasteiger partial charge in [-0.05, 0) is 43.6 Å². The van der Waals surface area contributed by atoms with Gasteiger partial charge in [-0.3, -0.25) is 4.79 Å². The predicted molar refractivity (Wildman–Crippen MR) is 144 cm³/mol. The minimum absolute atomic E-state index is 0.0163. The number of alkyl halides is 2. The van der Waals surface area contributed by atoms with E-state index in [0.29, 0.717) is 38.5 Å². The van der Waals surface area contributed by atoms with Crippen molar-refractivity contribution in [1.82, 2.24) is 9.88 Å². The van der Waals surface area contributed by atoms with Crippen molar-refractivity contribution < 1.29 is 32.2 Å². The molecule has 1 fully saturated rings. The van der Waals surface area contributed by atoms with Gasteiger partial charge >= 0.3 is 6.61 Å². The Kier molecular flexibility index (Phi) is 8.66. The Labute approximate surface area is 222 Å². The molecule has 3 rings (SSSR count). The van der Waals surface area contributed by atoms with Crippen molar-refractivity contribution in [1.29, 1.82) is 0 Å². The molecule has 1 amide bonds. The van der Waals surface area contributed by atoms with Gasteiger partial charge in [-0.2, -0.15) is 8.78 Å². The number of aromatic nitrogens is 1. The molecule has 1 saturated heterocycles. The molecular weight excluding hydrogens is 514 g/mol. The summed E-state index contributed by atoms with van der Waals surface area (Å²) in [5, 5.41) is 0.0163. The zero-order valence-electron chi connectivity index (χ0n) is 23.9.